The average Bonchev–Trinajstić information content (AvgIpc) is 2.39. The predicted molar refractivity (Wildman–Crippen MR) is 78.8 cm³/mol. The molecule has 0 amide bonds. The lowest BCUT2D eigenvalue weighted by Crippen LogP contribution is -2.15. The van der Waals surface area contributed by atoms with Crippen LogP contribution in [0, 0.1) is 0 Å². The van der Waals surface area contributed by atoms with Crippen LogP contribution in [0.5, 0.6) is 0 Å². The quantitative estimate of drug-likeness (QED) is 0.613. The molecule has 0 heterocycles. The van der Waals surface area contributed by atoms with Gasteiger partial charge in [-0.15, -0.1) is 0 Å². The minimum atomic E-state index is -0.832. The average molecular weight is 284 g/mol. The van der Waals surface area contributed by atoms with Crippen molar-refractivity contribution in [2.75, 3.05) is 31.0 Å². The predicted octanol–water partition coefficient (Wildman–Crippen LogP) is 1.62. The van der Waals surface area contributed by atoms with E-state index in [2.05, 4.69) is 10.1 Å². The fourth-order valence-corrected chi connectivity index (χ4v) is 1.98. The van der Waals surface area contributed by atoms with Crippen LogP contribution in [0.4, 0.5) is 11.4 Å². The van der Waals surface area contributed by atoms with E-state index in [0.717, 1.165) is 6.42 Å². The van der Waals surface area contributed by atoms with Crippen LogP contribution in [0.15, 0.2) is 18.2 Å². The topological polar surface area (TPSA) is 81.4 Å². The number of esters is 1. The first-order valence-corrected chi connectivity index (χ1v) is 7.61. The van der Waals surface area contributed by atoms with Gasteiger partial charge in [-0.05, 0) is 24.6 Å². The Morgan fingerprint density at radius 2 is 2.21 bits per heavy atom. The van der Waals surface area contributed by atoms with Crippen molar-refractivity contribution in [3.05, 3.63) is 23.8 Å². The van der Waals surface area contributed by atoms with Gasteiger partial charge in [0.05, 0.1) is 24.0 Å². The molecule has 0 spiro atoms. The van der Waals surface area contributed by atoms with E-state index in [1.54, 1.807) is 24.5 Å². The highest BCUT2D eigenvalue weighted by Crippen LogP contribution is 2.20. The minimum absolute atomic E-state index is 0.123. The molecule has 5 nitrogen and oxygen atoms in total. The third kappa shape index (κ3) is 4.55. The zero-order chi connectivity index (χ0) is 14.4. The number of methoxy groups -OCH3 is 1. The highest BCUT2D eigenvalue weighted by Gasteiger charge is 2.09. The van der Waals surface area contributed by atoms with Crippen LogP contribution in [-0.4, -0.2) is 35.3 Å². The summed E-state index contributed by atoms with van der Waals surface area (Å²) in [7, 11) is 0.505. The van der Waals surface area contributed by atoms with Crippen molar-refractivity contribution in [3.8, 4) is 0 Å². The highest BCUT2D eigenvalue weighted by molar-refractivity contribution is 7.84. The molecular formula is C13H20N2O3S. The minimum Gasteiger partial charge on any atom is -0.465 e. The maximum atomic E-state index is 11.4. The molecule has 2 unspecified atom stereocenters. The Kier molecular flexibility index (Phi) is 5.82. The number of nitrogens with two attached hydrogens (primary N) is 1. The molecule has 19 heavy (non-hydrogen) atoms. The molecule has 1 aromatic rings. The summed E-state index contributed by atoms with van der Waals surface area (Å²) in [6.45, 7) is 2.58. The number of anilines is 2. The maximum absolute atomic E-state index is 11.4. The Hall–Kier alpha value is -1.56. The van der Waals surface area contributed by atoms with Crippen molar-refractivity contribution in [2.45, 2.75) is 18.6 Å². The number of nitrogens with one attached hydrogen (secondary N) is 1. The zero-order valence-electron chi connectivity index (χ0n) is 11.4. The standard InChI is InChI=1S/C13H20N2O3S/c1-9(19(3)17)6-7-15-12-8-10(13(16)18-2)4-5-11(12)14/h4-5,8-9,15H,6-7,14H2,1-3H3. The third-order valence-electron chi connectivity index (χ3n) is 2.91. The molecule has 3 N–H and O–H groups in total. The van der Waals surface area contributed by atoms with Crippen LogP contribution in [0.25, 0.3) is 0 Å². The second-order valence-electron chi connectivity index (χ2n) is 4.32. The summed E-state index contributed by atoms with van der Waals surface area (Å²) in [6, 6.07) is 4.95. The van der Waals surface area contributed by atoms with E-state index in [0.29, 0.717) is 23.5 Å². The molecule has 2 atom stereocenters. The van der Waals surface area contributed by atoms with Gasteiger partial charge in [-0.2, -0.15) is 0 Å². The molecule has 1 rings (SSSR count). The number of nitrogen functional groups attached to an aromatic ring is 1. The fourth-order valence-electron chi connectivity index (χ4n) is 1.53. The van der Waals surface area contributed by atoms with Crippen LogP contribution in [0.3, 0.4) is 0 Å². The molecule has 0 aliphatic rings. The van der Waals surface area contributed by atoms with E-state index in [-0.39, 0.29) is 5.25 Å². The molecule has 106 valence electrons. The van der Waals surface area contributed by atoms with E-state index in [1.165, 1.54) is 7.11 Å². The Balaban J connectivity index is 2.67. The summed E-state index contributed by atoms with van der Waals surface area (Å²) in [4.78, 5) is 11.4. The van der Waals surface area contributed by atoms with Gasteiger partial charge in [-0.1, -0.05) is 6.92 Å². The number of benzene rings is 1. The van der Waals surface area contributed by atoms with Crippen molar-refractivity contribution >= 4 is 28.1 Å². The van der Waals surface area contributed by atoms with Crippen LogP contribution in [0.1, 0.15) is 23.7 Å². The number of carbonyl (C=O) groups is 1. The lowest BCUT2D eigenvalue weighted by Gasteiger charge is -2.12. The van der Waals surface area contributed by atoms with Gasteiger partial charge in [0.1, 0.15) is 0 Å². The Bertz CT molecular complexity index is 477. The summed E-state index contributed by atoms with van der Waals surface area (Å²) in [5.41, 5.74) is 7.54. The lowest BCUT2D eigenvalue weighted by atomic mass is 10.1. The maximum Gasteiger partial charge on any atom is 0.337 e. The zero-order valence-corrected chi connectivity index (χ0v) is 12.3. The summed E-state index contributed by atoms with van der Waals surface area (Å²) in [5, 5.41) is 3.27. The first-order chi connectivity index (χ1) is 8.95. The van der Waals surface area contributed by atoms with Gasteiger partial charge in [0.15, 0.2) is 0 Å². The second-order valence-corrected chi connectivity index (χ2v) is 6.12. The SMILES string of the molecule is COC(=O)c1ccc(N)c(NCCC(C)S(C)=O)c1. The van der Waals surface area contributed by atoms with Gasteiger partial charge in [0.2, 0.25) is 0 Å². The van der Waals surface area contributed by atoms with Crippen molar-refractivity contribution in [2.24, 2.45) is 0 Å². The van der Waals surface area contributed by atoms with E-state index in [9.17, 15) is 9.00 Å². The van der Waals surface area contributed by atoms with Crippen LogP contribution in [0.2, 0.25) is 0 Å². The molecule has 0 aromatic heterocycles. The number of rotatable bonds is 6. The van der Waals surface area contributed by atoms with Gasteiger partial charge < -0.3 is 15.8 Å². The van der Waals surface area contributed by atoms with Gasteiger partial charge >= 0.3 is 5.97 Å². The van der Waals surface area contributed by atoms with Gasteiger partial charge in [0.25, 0.3) is 0 Å². The molecule has 1 aromatic carbocycles. The van der Waals surface area contributed by atoms with E-state index >= 15 is 0 Å². The first-order valence-electron chi connectivity index (χ1n) is 5.99. The van der Waals surface area contributed by atoms with Crippen molar-refractivity contribution in [3.63, 3.8) is 0 Å². The van der Waals surface area contributed by atoms with E-state index in [4.69, 9.17) is 5.73 Å². The van der Waals surface area contributed by atoms with E-state index in [1.807, 2.05) is 6.92 Å². The van der Waals surface area contributed by atoms with Gasteiger partial charge in [-0.3, -0.25) is 4.21 Å². The molecule has 0 aliphatic carbocycles. The van der Waals surface area contributed by atoms with Gasteiger partial charge in [-0.25, -0.2) is 4.79 Å². The Morgan fingerprint density at radius 3 is 2.79 bits per heavy atom. The second kappa shape index (κ2) is 7.13. The van der Waals surface area contributed by atoms with Crippen LogP contribution >= 0.6 is 0 Å². The van der Waals surface area contributed by atoms with Gasteiger partial charge in [0, 0.05) is 28.9 Å². The van der Waals surface area contributed by atoms with Crippen molar-refractivity contribution < 1.29 is 13.7 Å². The Morgan fingerprint density at radius 1 is 1.53 bits per heavy atom. The molecule has 0 aliphatic heterocycles. The first kappa shape index (κ1) is 15.5. The number of carbonyl (C=O) groups excluding carboxylic acids is 1. The fraction of sp³-hybridized carbons (Fsp3) is 0.462. The number of hydrogen-bond acceptors (Lipinski definition) is 5. The summed E-state index contributed by atoms with van der Waals surface area (Å²) < 4.78 is 15.9. The lowest BCUT2D eigenvalue weighted by molar-refractivity contribution is 0.0601. The van der Waals surface area contributed by atoms with E-state index < -0.39 is 16.8 Å². The highest BCUT2D eigenvalue weighted by atomic mass is 32.2. The monoisotopic (exact) mass is 284 g/mol. The number of hydrogen-bond donors (Lipinski definition) is 2. The largest absolute Gasteiger partial charge is 0.465 e. The van der Waals surface area contributed by atoms with Crippen LogP contribution in [-0.2, 0) is 15.5 Å². The van der Waals surface area contributed by atoms with Crippen LogP contribution < -0.4 is 11.1 Å². The molecule has 6 heteroatoms. The normalized spacial score (nSPS) is 13.6. The third-order valence-corrected chi connectivity index (χ3v) is 4.28. The summed E-state index contributed by atoms with van der Waals surface area (Å²) in [6.07, 6.45) is 2.46. The Labute approximate surface area is 116 Å². The van der Waals surface area contributed by atoms with Crippen molar-refractivity contribution in [1.82, 2.24) is 0 Å². The molecule has 0 bridgehead atoms. The molecule has 0 fully saturated rings. The molecular weight excluding hydrogens is 264 g/mol. The summed E-state index contributed by atoms with van der Waals surface area (Å²) >= 11 is 0. The smallest absolute Gasteiger partial charge is 0.337 e. The molecule has 0 saturated carbocycles. The van der Waals surface area contributed by atoms with Crippen molar-refractivity contribution in [1.29, 1.82) is 0 Å². The number of ether oxygens (including phenoxy) is 1. The molecule has 0 saturated heterocycles. The summed E-state index contributed by atoms with van der Waals surface area (Å²) in [5.74, 6) is -0.397. The molecule has 0 radical (unpaired) electrons.